The first-order valence-electron chi connectivity index (χ1n) is 7.40. The summed E-state index contributed by atoms with van der Waals surface area (Å²) in [6, 6.07) is 13.9. The molecule has 0 bridgehead atoms. The number of allylic oxidation sites excluding steroid dienone is 1. The number of non-ortho nitro benzene ring substituents is 1. The number of aromatic nitrogens is 1. The second-order valence-electron chi connectivity index (χ2n) is 5.17. The standard InChI is InChI=1S/C18H11FN4O2S/c19-14-6-4-12(5-7-14)17-11-26-18(22-17)13(9-20)10-21-15-2-1-3-16(8-15)23(24)25/h1-8,10-11,21H. The van der Waals surface area contributed by atoms with Crippen molar-refractivity contribution in [2.24, 2.45) is 0 Å². The van der Waals surface area contributed by atoms with Crippen LogP contribution in [0.2, 0.25) is 0 Å². The van der Waals surface area contributed by atoms with Gasteiger partial charge in [-0.25, -0.2) is 9.37 Å². The van der Waals surface area contributed by atoms with Crippen LogP contribution in [0.3, 0.4) is 0 Å². The van der Waals surface area contributed by atoms with E-state index in [2.05, 4.69) is 16.4 Å². The van der Waals surface area contributed by atoms with Gasteiger partial charge < -0.3 is 5.32 Å². The van der Waals surface area contributed by atoms with Crippen LogP contribution in [0.4, 0.5) is 15.8 Å². The topological polar surface area (TPSA) is 91.8 Å². The lowest BCUT2D eigenvalue weighted by Gasteiger charge is -2.01. The normalized spacial score (nSPS) is 11.0. The Morgan fingerprint density at radius 1 is 1.31 bits per heavy atom. The number of nitrogens with zero attached hydrogens (tertiary/aromatic N) is 3. The van der Waals surface area contributed by atoms with E-state index in [1.165, 1.54) is 41.8 Å². The summed E-state index contributed by atoms with van der Waals surface area (Å²) < 4.78 is 13.0. The SMILES string of the molecule is N#CC(=CNc1cccc([N+](=O)[O-])c1)c1nc(-c2ccc(F)cc2)cs1. The Labute approximate surface area is 152 Å². The van der Waals surface area contributed by atoms with Gasteiger partial charge in [0.2, 0.25) is 0 Å². The molecular formula is C18H11FN4O2S. The molecule has 0 spiro atoms. The summed E-state index contributed by atoms with van der Waals surface area (Å²) in [7, 11) is 0. The fourth-order valence-corrected chi connectivity index (χ4v) is 2.95. The van der Waals surface area contributed by atoms with Gasteiger partial charge in [-0.1, -0.05) is 6.07 Å². The van der Waals surface area contributed by atoms with Crippen molar-refractivity contribution in [2.45, 2.75) is 0 Å². The second kappa shape index (κ2) is 7.55. The lowest BCUT2D eigenvalue weighted by molar-refractivity contribution is -0.384. The molecule has 2 aromatic carbocycles. The van der Waals surface area contributed by atoms with E-state index in [9.17, 15) is 19.8 Å². The monoisotopic (exact) mass is 366 g/mol. The smallest absolute Gasteiger partial charge is 0.271 e. The van der Waals surface area contributed by atoms with Crippen molar-refractivity contribution < 1.29 is 9.31 Å². The van der Waals surface area contributed by atoms with Gasteiger partial charge in [0.15, 0.2) is 0 Å². The number of nitriles is 1. The molecule has 3 rings (SSSR count). The van der Waals surface area contributed by atoms with Gasteiger partial charge in [0.25, 0.3) is 5.69 Å². The Hall–Kier alpha value is -3.57. The molecule has 6 nitrogen and oxygen atoms in total. The maximum atomic E-state index is 13.0. The first kappa shape index (κ1) is 17.3. The van der Waals surface area contributed by atoms with E-state index in [-0.39, 0.29) is 17.1 Å². The molecule has 0 saturated heterocycles. The van der Waals surface area contributed by atoms with Crippen molar-refractivity contribution in [1.82, 2.24) is 4.98 Å². The summed E-state index contributed by atoms with van der Waals surface area (Å²) in [6.45, 7) is 0. The molecule has 1 aromatic heterocycles. The van der Waals surface area contributed by atoms with Gasteiger partial charge >= 0.3 is 0 Å². The zero-order chi connectivity index (χ0) is 18.5. The first-order valence-corrected chi connectivity index (χ1v) is 8.28. The number of benzene rings is 2. The molecule has 26 heavy (non-hydrogen) atoms. The number of halogens is 1. The fraction of sp³-hybridized carbons (Fsp3) is 0. The number of nitro benzene ring substituents is 1. The summed E-state index contributed by atoms with van der Waals surface area (Å²) in [6.07, 6.45) is 1.45. The minimum absolute atomic E-state index is 0.0465. The van der Waals surface area contributed by atoms with E-state index in [4.69, 9.17) is 0 Å². The number of hydrogen-bond donors (Lipinski definition) is 1. The highest BCUT2D eigenvalue weighted by Gasteiger charge is 2.10. The van der Waals surface area contributed by atoms with E-state index in [0.717, 1.165) is 5.56 Å². The summed E-state index contributed by atoms with van der Waals surface area (Å²) in [5.41, 5.74) is 2.12. The predicted octanol–water partition coefficient (Wildman–Crippen LogP) is 4.83. The minimum atomic E-state index is -0.490. The summed E-state index contributed by atoms with van der Waals surface area (Å²) in [5.74, 6) is -0.331. The molecule has 1 N–H and O–H groups in total. The Morgan fingerprint density at radius 2 is 2.08 bits per heavy atom. The van der Waals surface area contributed by atoms with Crippen LogP contribution < -0.4 is 5.32 Å². The Kier molecular flexibility index (Phi) is 5.01. The molecule has 0 radical (unpaired) electrons. The van der Waals surface area contributed by atoms with Crippen LogP contribution in [0, 0.1) is 27.3 Å². The number of thiazole rings is 1. The largest absolute Gasteiger partial charge is 0.360 e. The van der Waals surface area contributed by atoms with Gasteiger partial charge in [-0.2, -0.15) is 5.26 Å². The van der Waals surface area contributed by atoms with E-state index in [0.29, 0.717) is 16.4 Å². The van der Waals surface area contributed by atoms with Crippen LogP contribution >= 0.6 is 11.3 Å². The highest BCUT2D eigenvalue weighted by atomic mass is 32.1. The van der Waals surface area contributed by atoms with Crippen LogP contribution in [-0.2, 0) is 0 Å². The molecule has 0 unspecified atom stereocenters. The van der Waals surface area contributed by atoms with Gasteiger partial charge in [-0.15, -0.1) is 11.3 Å². The van der Waals surface area contributed by atoms with Crippen LogP contribution in [0.5, 0.6) is 0 Å². The van der Waals surface area contributed by atoms with Crippen LogP contribution in [0.25, 0.3) is 16.8 Å². The van der Waals surface area contributed by atoms with E-state index in [1.54, 1.807) is 29.6 Å². The predicted molar refractivity (Wildman–Crippen MR) is 97.8 cm³/mol. The van der Waals surface area contributed by atoms with Gasteiger partial charge in [-0.3, -0.25) is 10.1 Å². The Morgan fingerprint density at radius 3 is 2.77 bits per heavy atom. The summed E-state index contributed by atoms with van der Waals surface area (Å²) >= 11 is 1.28. The van der Waals surface area contributed by atoms with Gasteiger partial charge in [0, 0.05) is 35.0 Å². The number of anilines is 1. The highest BCUT2D eigenvalue weighted by Crippen LogP contribution is 2.26. The molecule has 0 aliphatic carbocycles. The van der Waals surface area contributed by atoms with Crippen LogP contribution in [-0.4, -0.2) is 9.91 Å². The van der Waals surface area contributed by atoms with Crippen molar-refractivity contribution in [3.63, 3.8) is 0 Å². The minimum Gasteiger partial charge on any atom is -0.360 e. The first-order chi connectivity index (χ1) is 12.6. The Bertz CT molecular complexity index is 1020. The maximum absolute atomic E-state index is 13.0. The number of nitro groups is 1. The van der Waals surface area contributed by atoms with E-state index < -0.39 is 4.92 Å². The number of nitrogens with one attached hydrogen (secondary N) is 1. The molecular weight excluding hydrogens is 355 g/mol. The molecule has 0 atom stereocenters. The number of hydrogen-bond acceptors (Lipinski definition) is 6. The van der Waals surface area contributed by atoms with E-state index in [1.807, 2.05) is 0 Å². The maximum Gasteiger partial charge on any atom is 0.271 e. The molecule has 8 heteroatoms. The molecule has 128 valence electrons. The summed E-state index contributed by atoms with van der Waals surface area (Å²) in [5, 5.41) is 25.3. The third-order valence-corrected chi connectivity index (χ3v) is 4.31. The lowest BCUT2D eigenvalue weighted by atomic mass is 10.2. The quantitative estimate of drug-likeness (QED) is 0.396. The average Bonchev–Trinajstić information content (AvgIpc) is 3.13. The molecule has 3 aromatic rings. The van der Waals surface area contributed by atoms with Gasteiger partial charge in [0.1, 0.15) is 22.5 Å². The Balaban J connectivity index is 1.82. The van der Waals surface area contributed by atoms with E-state index >= 15 is 0 Å². The zero-order valence-corrected chi connectivity index (χ0v) is 14.0. The van der Waals surface area contributed by atoms with Crippen molar-refractivity contribution in [3.8, 4) is 17.3 Å². The van der Waals surface area contributed by atoms with Gasteiger partial charge in [-0.05, 0) is 30.3 Å². The van der Waals surface area contributed by atoms with Crippen molar-refractivity contribution in [2.75, 3.05) is 5.32 Å². The average molecular weight is 366 g/mol. The van der Waals surface area contributed by atoms with Crippen molar-refractivity contribution >= 4 is 28.3 Å². The third-order valence-electron chi connectivity index (χ3n) is 3.44. The highest BCUT2D eigenvalue weighted by molar-refractivity contribution is 7.11. The lowest BCUT2D eigenvalue weighted by Crippen LogP contribution is -1.93. The van der Waals surface area contributed by atoms with Crippen molar-refractivity contribution in [3.05, 3.63) is 81.1 Å². The second-order valence-corrected chi connectivity index (χ2v) is 6.02. The molecule has 0 saturated carbocycles. The van der Waals surface area contributed by atoms with Crippen molar-refractivity contribution in [1.29, 1.82) is 5.26 Å². The number of rotatable bonds is 5. The third kappa shape index (κ3) is 3.91. The summed E-state index contributed by atoms with van der Waals surface area (Å²) in [4.78, 5) is 14.7. The molecule has 1 heterocycles. The molecule has 0 fully saturated rings. The van der Waals surface area contributed by atoms with Gasteiger partial charge in [0.05, 0.1) is 10.6 Å². The molecule has 0 aliphatic rings. The van der Waals surface area contributed by atoms with Crippen LogP contribution in [0.1, 0.15) is 5.01 Å². The van der Waals surface area contributed by atoms with Crippen LogP contribution in [0.15, 0.2) is 60.1 Å². The fourth-order valence-electron chi connectivity index (χ4n) is 2.16. The zero-order valence-electron chi connectivity index (χ0n) is 13.2. The molecule has 0 aliphatic heterocycles. The molecule has 0 amide bonds.